The Bertz CT molecular complexity index is 693. The SMILES string of the molecule is CCC(C)CCc1ccc(F)cc1.CCc1ccccc1.CCc1ccccc1. The lowest BCUT2D eigenvalue weighted by Gasteiger charge is -2.07. The van der Waals surface area contributed by atoms with Crippen molar-refractivity contribution in [2.75, 3.05) is 0 Å². The Hall–Kier alpha value is -2.41. The van der Waals surface area contributed by atoms with Crippen molar-refractivity contribution in [3.05, 3.63) is 107 Å². The van der Waals surface area contributed by atoms with E-state index in [1.165, 1.54) is 41.7 Å². The van der Waals surface area contributed by atoms with Crippen LogP contribution in [0, 0.1) is 11.7 Å². The summed E-state index contributed by atoms with van der Waals surface area (Å²) < 4.78 is 12.6. The van der Waals surface area contributed by atoms with E-state index in [1.807, 2.05) is 24.3 Å². The number of rotatable bonds is 6. The summed E-state index contributed by atoms with van der Waals surface area (Å²) in [6.07, 6.45) is 5.76. The number of hydrogen-bond donors (Lipinski definition) is 0. The highest BCUT2D eigenvalue weighted by Gasteiger charge is 1.99. The van der Waals surface area contributed by atoms with E-state index in [4.69, 9.17) is 0 Å². The van der Waals surface area contributed by atoms with Gasteiger partial charge in [0.25, 0.3) is 0 Å². The summed E-state index contributed by atoms with van der Waals surface area (Å²) in [5.41, 5.74) is 4.06. The van der Waals surface area contributed by atoms with Crippen molar-refractivity contribution in [2.45, 2.75) is 59.8 Å². The smallest absolute Gasteiger partial charge is 0.123 e. The van der Waals surface area contributed by atoms with Gasteiger partial charge < -0.3 is 0 Å². The van der Waals surface area contributed by atoms with Gasteiger partial charge in [-0.15, -0.1) is 0 Å². The summed E-state index contributed by atoms with van der Waals surface area (Å²) >= 11 is 0. The molecule has 156 valence electrons. The standard InChI is InChI=1S/C12H17F.2C8H10/c1-3-10(2)4-5-11-6-8-12(13)9-7-11;2*1-2-8-6-4-3-5-7-8/h6-10H,3-5H2,1-2H3;2*3-7H,2H2,1H3. The van der Waals surface area contributed by atoms with Crippen LogP contribution in [0.4, 0.5) is 4.39 Å². The molecule has 29 heavy (non-hydrogen) atoms. The van der Waals surface area contributed by atoms with Crippen molar-refractivity contribution in [3.8, 4) is 0 Å². The van der Waals surface area contributed by atoms with Crippen LogP contribution in [0.3, 0.4) is 0 Å². The van der Waals surface area contributed by atoms with Crippen molar-refractivity contribution >= 4 is 0 Å². The summed E-state index contributed by atoms with van der Waals surface area (Å²) in [7, 11) is 0. The molecule has 1 heteroatoms. The Balaban J connectivity index is 0.000000228. The average Bonchev–Trinajstić information content (AvgIpc) is 2.80. The molecule has 0 fully saturated rings. The summed E-state index contributed by atoms with van der Waals surface area (Å²) in [6.45, 7) is 8.78. The van der Waals surface area contributed by atoms with Crippen molar-refractivity contribution in [3.63, 3.8) is 0 Å². The van der Waals surface area contributed by atoms with Gasteiger partial charge in [0.1, 0.15) is 5.82 Å². The van der Waals surface area contributed by atoms with Gasteiger partial charge in [0.05, 0.1) is 0 Å². The van der Waals surface area contributed by atoms with Gasteiger partial charge in [-0.1, -0.05) is 107 Å². The third-order valence-electron chi connectivity index (χ3n) is 5.04. The molecule has 0 spiro atoms. The van der Waals surface area contributed by atoms with Crippen LogP contribution in [0.2, 0.25) is 0 Å². The molecule has 0 aromatic heterocycles. The Labute approximate surface area is 177 Å². The number of aryl methyl sites for hydroxylation is 3. The molecule has 1 atom stereocenters. The van der Waals surface area contributed by atoms with Crippen molar-refractivity contribution in [1.29, 1.82) is 0 Å². The van der Waals surface area contributed by atoms with E-state index >= 15 is 0 Å². The molecular weight excluding hydrogens is 355 g/mol. The van der Waals surface area contributed by atoms with E-state index in [9.17, 15) is 4.39 Å². The zero-order valence-electron chi connectivity index (χ0n) is 18.6. The highest BCUT2D eigenvalue weighted by Crippen LogP contribution is 2.12. The Morgan fingerprint density at radius 2 is 1.07 bits per heavy atom. The summed E-state index contributed by atoms with van der Waals surface area (Å²) in [5.74, 6) is 0.623. The summed E-state index contributed by atoms with van der Waals surface area (Å²) in [5, 5.41) is 0. The maximum Gasteiger partial charge on any atom is 0.123 e. The fourth-order valence-corrected chi connectivity index (χ4v) is 2.70. The van der Waals surface area contributed by atoms with Gasteiger partial charge in [-0.05, 0) is 60.4 Å². The average molecular weight is 393 g/mol. The van der Waals surface area contributed by atoms with Gasteiger partial charge in [0, 0.05) is 0 Å². The predicted octanol–water partition coefficient (Wildman–Crippen LogP) is 8.30. The molecule has 1 unspecified atom stereocenters. The number of benzene rings is 3. The van der Waals surface area contributed by atoms with E-state index in [0.717, 1.165) is 25.2 Å². The second-order valence-electron chi connectivity index (χ2n) is 7.36. The first-order valence-electron chi connectivity index (χ1n) is 10.9. The Kier molecular flexibility index (Phi) is 13.2. The molecule has 0 nitrogen and oxygen atoms in total. The van der Waals surface area contributed by atoms with Crippen LogP contribution in [0.5, 0.6) is 0 Å². The van der Waals surface area contributed by atoms with Crippen LogP contribution in [-0.2, 0) is 19.3 Å². The van der Waals surface area contributed by atoms with Crippen molar-refractivity contribution < 1.29 is 4.39 Å². The first kappa shape index (κ1) is 24.6. The normalized spacial score (nSPS) is 10.8. The first-order valence-corrected chi connectivity index (χ1v) is 10.9. The van der Waals surface area contributed by atoms with Gasteiger partial charge >= 0.3 is 0 Å². The maximum absolute atomic E-state index is 12.6. The largest absolute Gasteiger partial charge is 0.207 e. The van der Waals surface area contributed by atoms with Crippen LogP contribution in [0.25, 0.3) is 0 Å². The van der Waals surface area contributed by atoms with Gasteiger partial charge in [-0.25, -0.2) is 4.39 Å². The van der Waals surface area contributed by atoms with Crippen LogP contribution in [-0.4, -0.2) is 0 Å². The highest BCUT2D eigenvalue weighted by molar-refractivity contribution is 5.16. The second kappa shape index (κ2) is 15.5. The molecule has 3 aromatic carbocycles. The quantitative estimate of drug-likeness (QED) is 0.396. The highest BCUT2D eigenvalue weighted by atomic mass is 19.1. The zero-order valence-corrected chi connectivity index (χ0v) is 18.6. The maximum atomic E-state index is 12.6. The van der Waals surface area contributed by atoms with Crippen LogP contribution in [0.15, 0.2) is 84.9 Å². The van der Waals surface area contributed by atoms with E-state index in [2.05, 4.69) is 76.2 Å². The second-order valence-corrected chi connectivity index (χ2v) is 7.36. The van der Waals surface area contributed by atoms with Crippen LogP contribution >= 0.6 is 0 Å². The lowest BCUT2D eigenvalue weighted by molar-refractivity contribution is 0.516. The van der Waals surface area contributed by atoms with E-state index < -0.39 is 0 Å². The Morgan fingerprint density at radius 3 is 1.41 bits per heavy atom. The molecule has 0 aliphatic heterocycles. The van der Waals surface area contributed by atoms with Gasteiger partial charge in [-0.3, -0.25) is 0 Å². The Morgan fingerprint density at radius 1 is 0.621 bits per heavy atom. The monoisotopic (exact) mass is 392 g/mol. The molecule has 0 bridgehead atoms. The third-order valence-corrected chi connectivity index (χ3v) is 5.04. The third kappa shape index (κ3) is 11.9. The molecule has 3 rings (SSSR count). The van der Waals surface area contributed by atoms with Crippen LogP contribution < -0.4 is 0 Å². The fourth-order valence-electron chi connectivity index (χ4n) is 2.70. The molecule has 0 N–H and O–H groups in total. The topological polar surface area (TPSA) is 0 Å². The minimum Gasteiger partial charge on any atom is -0.207 e. The molecule has 0 aliphatic rings. The molecule has 0 amide bonds. The van der Waals surface area contributed by atoms with Gasteiger partial charge in [0.2, 0.25) is 0 Å². The summed E-state index contributed by atoms with van der Waals surface area (Å²) in [4.78, 5) is 0. The van der Waals surface area contributed by atoms with E-state index in [-0.39, 0.29) is 5.82 Å². The number of halogens is 1. The molecule has 0 saturated carbocycles. The molecule has 0 saturated heterocycles. The van der Waals surface area contributed by atoms with E-state index in [0.29, 0.717) is 0 Å². The van der Waals surface area contributed by atoms with Crippen LogP contribution in [0.1, 0.15) is 57.2 Å². The molecule has 0 heterocycles. The first-order chi connectivity index (χ1) is 14.1. The van der Waals surface area contributed by atoms with Gasteiger partial charge in [0.15, 0.2) is 0 Å². The molecule has 0 aliphatic carbocycles. The lowest BCUT2D eigenvalue weighted by Crippen LogP contribution is -1.95. The minimum atomic E-state index is -0.146. The minimum absolute atomic E-state index is 0.146. The molecule has 3 aromatic rings. The van der Waals surface area contributed by atoms with Gasteiger partial charge in [-0.2, -0.15) is 0 Å². The fraction of sp³-hybridized carbons (Fsp3) is 0.357. The molecule has 0 radical (unpaired) electrons. The summed E-state index contributed by atoms with van der Waals surface area (Å²) in [6, 6.07) is 27.7. The van der Waals surface area contributed by atoms with E-state index in [1.54, 1.807) is 0 Å². The zero-order chi connectivity index (χ0) is 21.3. The predicted molar refractivity (Wildman–Crippen MR) is 126 cm³/mol. The lowest BCUT2D eigenvalue weighted by atomic mass is 9.99. The molecular formula is C28H37F. The van der Waals surface area contributed by atoms with Crippen molar-refractivity contribution in [2.24, 2.45) is 5.92 Å². The van der Waals surface area contributed by atoms with Crippen molar-refractivity contribution in [1.82, 2.24) is 0 Å². The number of hydrogen-bond acceptors (Lipinski definition) is 0.